The fraction of sp³-hybridized carbons (Fsp3) is 0.600. The summed E-state index contributed by atoms with van der Waals surface area (Å²) in [6, 6.07) is 0. The third-order valence-electron chi connectivity index (χ3n) is 2.68. The first-order chi connectivity index (χ1) is 6.70. The second kappa shape index (κ2) is 3.44. The summed E-state index contributed by atoms with van der Waals surface area (Å²) in [6.45, 7) is 4.89. The van der Waals surface area contributed by atoms with Crippen molar-refractivity contribution in [2.75, 3.05) is 19.8 Å². The van der Waals surface area contributed by atoms with Crippen LogP contribution in [0.25, 0.3) is 0 Å². The van der Waals surface area contributed by atoms with Gasteiger partial charge in [0.05, 0.1) is 6.67 Å². The van der Waals surface area contributed by atoms with Crippen LogP contribution in [-0.4, -0.2) is 41.4 Å². The van der Waals surface area contributed by atoms with E-state index in [2.05, 4.69) is 6.58 Å². The molecule has 1 saturated heterocycles. The molecule has 0 radical (unpaired) electrons. The third-order valence-corrected chi connectivity index (χ3v) is 2.68. The SMILES string of the molecule is C=CC(=O)N1CC(=O)N(CC2CC2)C1. The summed E-state index contributed by atoms with van der Waals surface area (Å²) in [5.74, 6) is 0.585. The monoisotopic (exact) mass is 194 g/mol. The normalized spacial score (nSPS) is 21.6. The fourth-order valence-electron chi connectivity index (χ4n) is 1.65. The van der Waals surface area contributed by atoms with Gasteiger partial charge in [0.15, 0.2) is 0 Å². The van der Waals surface area contributed by atoms with Crippen LogP contribution in [0.5, 0.6) is 0 Å². The van der Waals surface area contributed by atoms with E-state index in [1.807, 2.05) is 0 Å². The second-order valence-electron chi connectivity index (χ2n) is 3.94. The van der Waals surface area contributed by atoms with Crippen molar-refractivity contribution in [2.45, 2.75) is 12.8 Å². The summed E-state index contributed by atoms with van der Waals surface area (Å²) in [5.41, 5.74) is 0. The highest BCUT2D eigenvalue weighted by Gasteiger charge is 2.33. The lowest BCUT2D eigenvalue weighted by atomic mass is 10.4. The first kappa shape index (κ1) is 9.24. The van der Waals surface area contributed by atoms with Gasteiger partial charge in [0, 0.05) is 6.54 Å². The summed E-state index contributed by atoms with van der Waals surface area (Å²) in [7, 11) is 0. The van der Waals surface area contributed by atoms with E-state index in [0.717, 1.165) is 6.54 Å². The van der Waals surface area contributed by atoms with Gasteiger partial charge in [0.1, 0.15) is 6.54 Å². The van der Waals surface area contributed by atoms with Crippen LogP contribution in [0.15, 0.2) is 12.7 Å². The van der Waals surface area contributed by atoms with Gasteiger partial charge in [-0.25, -0.2) is 0 Å². The van der Waals surface area contributed by atoms with E-state index in [9.17, 15) is 9.59 Å². The zero-order chi connectivity index (χ0) is 10.1. The predicted octanol–water partition coefficient (Wildman–Crippen LogP) is 0.211. The van der Waals surface area contributed by atoms with E-state index in [1.165, 1.54) is 23.8 Å². The van der Waals surface area contributed by atoms with Crippen molar-refractivity contribution < 1.29 is 9.59 Å². The average molecular weight is 194 g/mol. The molecule has 0 aromatic carbocycles. The molecule has 0 N–H and O–H groups in total. The minimum atomic E-state index is -0.156. The summed E-state index contributed by atoms with van der Waals surface area (Å²) >= 11 is 0. The molecule has 4 nitrogen and oxygen atoms in total. The maximum atomic E-state index is 11.5. The Kier molecular flexibility index (Phi) is 2.27. The van der Waals surface area contributed by atoms with Gasteiger partial charge in [-0.05, 0) is 24.8 Å². The summed E-state index contributed by atoms with van der Waals surface area (Å²) in [4.78, 5) is 26.0. The number of hydrogen-bond donors (Lipinski definition) is 0. The van der Waals surface area contributed by atoms with E-state index < -0.39 is 0 Å². The summed E-state index contributed by atoms with van der Waals surface area (Å²) < 4.78 is 0. The molecule has 1 saturated carbocycles. The Morgan fingerprint density at radius 1 is 1.57 bits per heavy atom. The zero-order valence-corrected chi connectivity index (χ0v) is 8.11. The molecule has 2 rings (SSSR count). The van der Waals surface area contributed by atoms with Gasteiger partial charge in [0.25, 0.3) is 0 Å². The number of hydrogen-bond acceptors (Lipinski definition) is 2. The van der Waals surface area contributed by atoms with Gasteiger partial charge in [0.2, 0.25) is 11.8 Å². The van der Waals surface area contributed by atoms with Crippen LogP contribution in [0.2, 0.25) is 0 Å². The van der Waals surface area contributed by atoms with Gasteiger partial charge in [-0.2, -0.15) is 0 Å². The highest BCUT2D eigenvalue weighted by Crippen LogP contribution is 2.30. The van der Waals surface area contributed by atoms with E-state index in [-0.39, 0.29) is 18.4 Å². The molecular formula is C10H14N2O2. The number of rotatable bonds is 3. The lowest BCUT2D eigenvalue weighted by Crippen LogP contribution is -2.31. The van der Waals surface area contributed by atoms with Gasteiger partial charge in [-0.1, -0.05) is 6.58 Å². The van der Waals surface area contributed by atoms with Crippen molar-refractivity contribution in [1.29, 1.82) is 0 Å². The number of carbonyl (C=O) groups is 2. The summed E-state index contributed by atoms with van der Waals surface area (Å²) in [5, 5.41) is 0. The van der Waals surface area contributed by atoms with Gasteiger partial charge in [-0.15, -0.1) is 0 Å². The van der Waals surface area contributed by atoms with Crippen LogP contribution in [0.1, 0.15) is 12.8 Å². The molecular weight excluding hydrogens is 180 g/mol. The first-order valence-corrected chi connectivity index (χ1v) is 4.90. The first-order valence-electron chi connectivity index (χ1n) is 4.90. The van der Waals surface area contributed by atoms with Crippen molar-refractivity contribution in [3.05, 3.63) is 12.7 Å². The minimum Gasteiger partial charge on any atom is -0.323 e. The van der Waals surface area contributed by atoms with Crippen LogP contribution in [-0.2, 0) is 9.59 Å². The molecule has 2 amide bonds. The quantitative estimate of drug-likeness (QED) is 0.603. The standard InChI is InChI=1S/C10H14N2O2/c1-2-9(13)12-6-10(14)11(7-12)5-8-3-4-8/h2,8H,1,3-7H2. The van der Waals surface area contributed by atoms with E-state index in [4.69, 9.17) is 0 Å². The van der Waals surface area contributed by atoms with Gasteiger partial charge >= 0.3 is 0 Å². The highest BCUT2D eigenvalue weighted by molar-refractivity contribution is 5.93. The van der Waals surface area contributed by atoms with Crippen molar-refractivity contribution >= 4 is 11.8 Å². The van der Waals surface area contributed by atoms with Crippen LogP contribution in [0.3, 0.4) is 0 Å². The van der Waals surface area contributed by atoms with E-state index in [1.54, 1.807) is 4.90 Å². The molecule has 14 heavy (non-hydrogen) atoms. The molecule has 1 heterocycles. The van der Waals surface area contributed by atoms with Crippen molar-refractivity contribution in [3.8, 4) is 0 Å². The molecule has 0 bridgehead atoms. The van der Waals surface area contributed by atoms with Crippen LogP contribution in [0, 0.1) is 5.92 Å². The van der Waals surface area contributed by atoms with Gasteiger partial charge in [-0.3, -0.25) is 9.59 Å². The summed E-state index contributed by atoms with van der Waals surface area (Å²) in [6.07, 6.45) is 3.70. The molecule has 2 aliphatic rings. The maximum absolute atomic E-state index is 11.5. The lowest BCUT2D eigenvalue weighted by molar-refractivity contribution is -0.128. The van der Waals surface area contributed by atoms with Gasteiger partial charge < -0.3 is 9.80 Å². The highest BCUT2D eigenvalue weighted by atomic mass is 16.2. The molecule has 4 heteroatoms. The molecule has 1 aliphatic heterocycles. The fourth-order valence-corrected chi connectivity index (χ4v) is 1.65. The van der Waals surface area contributed by atoms with Crippen molar-refractivity contribution in [3.63, 3.8) is 0 Å². The molecule has 76 valence electrons. The Labute approximate surface area is 83.2 Å². The molecule has 0 atom stereocenters. The molecule has 0 spiro atoms. The Morgan fingerprint density at radius 2 is 2.29 bits per heavy atom. The van der Waals surface area contributed by atoms with Crippen molar-refractivity contribution in [1.82, 2.24) is 9.80 Å². The number of carbonyl (C=O) groups excluding carboxylic acids is 2. The zero-order valence-electron chi connectivity index (χ0n) is 8.11. The molecule has 0 unspecified atom stereocenters. The van der Waals surface area contributed by atoms with Crippen LogP contribution >= 0.6 is 0 Å². The van der Waals surface area contributed by atoms with E-state index in [0.29, 0.717) is 12.6 Å². The van der Waals surface area contributed by atoms with Crippen LogP contribution in [0.4, 0.5) is 0 Å². The topological polar surface area (TPSA) is 40.6 Å². The minimum absolute atomic E-state index is 0.0621. The maximum Gasteiger partial charge on any atom is 0.247 e. The number of amides is 2. The largest absolute Gasteiger partial charge is 0.323 e. The Hall–Kier alpha value is -1.32. The Morgan fingerprint density at radius 3 is 2.86 bits per heavy atom. The number of nitrogens with zero attached hydrogens (tertiary/aromatic N) is 2. The Bertz CT molecular complexity index is 284. The smallest absolute Gasteiger partial charge is 0.247 e. The lowest BCUT2D eigenvalue weighted by Gasteiger charge is -2.16. The molecule has 0 aromatic rings. The second-order valence-corrected chi connectivity index (χ2v) is 3.94. The molecule has 1 aliphatic carbocycles. The van der Waals surface area contributed by atoms with Crippen LogP contribution < -0.4 is 0 Å². The van der Waals surface area contributed by atoms with E-state index >= 15 is 0 Å². The third kappa shape index (κ3) is 1.78. The molecule has 0 aromatic heterocycles. The Balaban J connectivity index is 1.91. The predicted molar refractivity (Wildman–Crippen MR) is 51.2 cm³/mol. The average Bonchev–Trinajstić information content (AvgIpc) is 2.91. The molecule has 2 fully saturated rings. The van der Waals surface area contributed by atoms with Crippen molar-refractivity contribution in [2.24, 2.45) is 5.92 Å².